The Morgan fingerprint density at radius 2 is 1.91 bits per heavy atom. The molecule has 1 atom stereocenters. The summed E-state index contributed by atoms with van der Waals surface area (Å²) in [6.07, 6.45) is 8.47. The molecule has 0 aliphatic carbocycles. The smallest absolute Gasteiger partial charge is 0.0746 e. The van der Waals surface area contributed by atoms with Gasteiger partial charge in [-0.25, -0.2) is 0 Å². The van der Waals surface area contributed by atoms with Crippen molar-refractivity contribution < 1.29 is 5.11 Å². The van der Waals surface area contributed by atoms with Crippen LogP contribution in [0.25, 0.3) is 0 Å². The van der Waals surface area contributed by atoms with Crippen LogP contribution in [0, 0.1) is 5.92 Å². The molecule has 0 rings (SSSR count). The lowest BCUT2D eigenvalue weighted by Crippen LogP contribution is -2.10. The lowest BCUT2D eigenvalue weighted by Gasteiger charge is -2.07. The summed E-state index contributed by atoms with van der Waals surface area (Å²) in [6.45, 7) is 6.08. The molecule has 0 amide bonds. The Morgan fingerprint density at radius 3 is 2.36 bits per heavy atom. The van der Waals surface area contributed by atoms with E-state index in [1.54, 1.807) is 0 Å². The Bertz CT molecular complexity index is 134. The number of hydrogen-bond donors (Lipinski definition) is 1. The van der Waals surface area contributed by atoms with Gasteiger partial charge in [0.15, 0.2) is 0 Å². The Hall–Kier alpha value is -0.560. The molecule has 0 heterocycles. The summed E-state index contributed by atoms with van der Waals surface area (Å²) in [6, 6.07) is 0. The van der Waals surface area contributed by atoms with Crippen molar-refractivity contribution in [2.45, 2.75) is 33.3 Å². The molecular weight excluding hydrogens is 136 g/mol. The molecule has 0 bridgehead atoms. The van der Waals surface area contributed by atoms with E-state index in [9.17, 15) is 5.11 Å². The van der Waals surface area contributed by atoms with Gasteiger partial charge in [0.1, 0.15) is 0 Å². The average Bonchev–Trinajstić information content (AvgIpc) is 1.97. The van der Waals surface area contributed by atoms with Crippen LogP contribution in [0.1, 0.15) is 27.2 Å². The number of aliphatic hydroxyl groups is 1. The van der Waals surface area contributed by atoms with Crippen LogP contribution < -0.4 is 0 Å². The molecule has 0 aromatic heterocycles. The van der Waals surface area contributed by atoms with Crippen molar-refractivity contribution >= 4 is 0 Å². The van der Waals surface area contributed by atoms with Gasteiger partial charge in [-0.05, 0) is 12.3 Å². The fourth-order valence-electron chi connectivity index (χ4n) is 0.615. The van der Waals surface area contributed by atoms with Crippen molar-refractivity contribution in [1.82, 2.24) is 0 Å². The van der Waals surface area contributed by atoms with E-state index >= 15 is 0 Å². The van der Waals surface area contributed by atoms with Gasteiger partial charge in [0, 0.05) is 0 Å². The molecule has 0 aliphatic heterocycles. The van der Waals surface area contributed by atoms with E-state index in [0.29, 0.717) is 5.92 Å². The highest BCUT2D eigenvalue weighted by atomic mass is 16.3. The summed E-state index contributed by atoms with van der Waals surface area (Å²) < 4.78 is 0. The zero-order valence-corrected chi connectivity index (χ0v) is 7.62. The first kappa shape index (κ1) is 10.4. The fourth-order valence-corrected chi connectivity index (χ4v) is 0.615. The van der Waals surface area contributed by atoms with Crippen molar-refractivity contribution in [2.24, 2.45) is 5.92 Å². The van der Waals surface area contributed by atoms with E-state index in [2.05, 4.69) is 13.0 Å². The van der Waals surface area contributed by atoms with Gasteiger partial charge in [0.2, 0.25) is 0 Å². The third kappa shape index (κ3) is 5.86. The topological polar surface area (TPSA) is 20.2 Å². The van der Waals surface area contributed by atoms with Gasteiger partial charge < -0.3 is 5.11 Å². The molecule has 64 valence electrons. The van der Waals surface area contributed by atoms with E-state index < -0.39 is 0 Å². The molecule has 0 aromatic carbocycles. The van der Waals surface area contributed by atoms with Gasteiger partial charge in [-0.15, -0.1) is 0 Å². The molecular formula is C10H18O. The largest absolute Gasteiger partial charge is 0.389 e. The molecule has 0 aliphatic rings. The molecule has 0 saturated heterocycles. The molecule has 0 fully saturated rings. The number of allylic oxidation sites excluding steroid dienone is 3. The highest BCUT2D eigenvalue weighted by Crippen LogP contribution is 2.01. The molecule has 11 heavy (non-hydrogen) atoms. The lowest BCUT2D eigenvalue weighted by molar-refractivity contribution is 0.172. The number of hydrogen-bond acceptors (Lipinski definition) is 1. The molecule has 1 N–H and O–H groups in total. The second-order valence-corrected chi connectivity index (χ2v) is 2.96. The van der Waals surface area contributed by atoms with Crippen molar-refractivity contribution in [3.05, 3.63) is 24.3 Å². The van der Waals surface area contributed by atoms with E-state index in [-0.39, 0.29) is 6.10 Å². The average molecular weight is 154 g/mol. The molecule has 1 unspecified atom stereocenters. The Kier molecular flexibility index (Phi) is 5.86. The summed E-state index contributed by atoms with van der Waals surface area (Å²) in [4.78, 5) is 0. The maximum Gasteiger partial charge on any atom is 0.0746 e. The van der Waals surface area contributed by atoms with Gasteiger partial charge in [-0.1, -0.05) is 45.1 Å². The summed E-state index contributed by atoms with van der Waals surface area (Å²) in [5, 5.41) is 9.31. The van der Waals surface area contributed by atoms with Gasteiger partial charge in [-0.2, -0.15) is 0 Å². The number of aliphatic hydroxyl groups excluding tert-OH is 1. The summed E-state index contributed by atoms with van der Waals surface area (Å²) in [7, 11) is 0. The third-order valence-electron chi connectivity index (χ3n) is 1.47. The Labute approximate surface area is 69.4 Å². The van der Waals surface area contributed by atoms with Crippen LogP contribution in [0.15, 0.2) is 24.3 Å². The van der Waals surface area contributed by atoms with Gasteiger partial charge >= 0.3 is 0 Å². The molecule has 0 radical (unpaired) electrons. The van der Waals surface area contributed by atoms with Gasteiger partial charge in [0.05, 0.1) is 6.10 Å². The van der Waals surface area contributed by atoms with Crippen LogP contribution >= 0.6 is 0 Å². The fraction of sp³-hybridized carbons (Fsp3) is 0.600. The zero-order chi connectivity index (χ0) is 8.69. The Balaban J connectivity index is 3.64. The molecule has 0 aromatic rings. The maximum atomic E-state index is 9.31. The monoisotopic (exact) mass is 154 g/mol. The summed E-state index contributed by atoms with van der Waals surface area (Å²) in [5.41, 5.74) is 0. The van der Waals surface area contributed by atoms with Crippen molar-refractivity contribution in [3.63, 3.8) is 0 Å². The van der Waals surface area contributed by atoms with Crippen LogP contribution in [-0.4, -0.2) is 11.2 Å². The minimum atomic E-state index is -0.309. The SMILES string of the molecule is CCC=CC=CC(O)C(C)C. The first-order valence-corrected chi connectivity index (χ1v) is 4.19. The van der Waals surface area contributed by atoms with E-state index in [4.69, 9.17) is 0 Å². The van der Waals surface area contributed by atoms with Crippen molar-refractivity contribution in [1.29, 1.82) is 0 Å². The highest BCUT2D eigenvalue weighted by Gasteiger charge is 2.01. The predicted octanol–water partition coefficient (Wildman–Crippen LogP) is 2.53. The first-order chi connectivity index (χ1) is 5.18. The van der Waals surface area contributed by atoms with Crippen LogP contribution in [0.3, 0.4) is 0 Å². The van der Waals surface area contributed by atoms with Crippen molar-refractivity contribution in [3.8, 4) is 0 Å². The maximum absolute atomic E-state index is 9.31. The van der Waals surface area contributed by atoms with Crippen LogP contribution in [0.2, 0.25) is 0 Å². The van der Waals surface area contributed by atoms with Crippen molar-refractivity contribution in [2.75, 3.05) is 0 Å². The molecule has 1 heteroatoms. The van der Waals surface area contributed by atoms with Crippen LogP contribution in [-0.2, 0) is 0 Å². The summed E-state index contributed by atoms with van der Waals surface area (Å²) >= 11 is 0. The second-order valence-electron chi connectivity index (χ2n) is 2.96. The van der Waals surface area contributed by atoms with Crippen LogP contribution in [0.4, 0.5) is 0 Å². The van der Waals surface area contributed by atoms with Gasteiger partial charge in [0.25, 0.3) is 0 Å². The standard InChI is InChI=1S/C10H18O/c1-4-5-6-7-8-10(11)9(2)3/h5-11H,4H2,1-3H3. The normalized spacial score (nSPS) is 15.4. The summed E-state index contributed by atoms with van der Waals surface area (Å²) in [5.74, 6) is 0.307. The quantitative estimate of drug-likeness (QED) is 0.617. The first-order valence-electron chi connectivity index (χ1n) is 4.19. The van der Waals surface area contributed by atoms with E-state index in [1.165, 1.54) is 0 Å². The van der Waals surface area contributed by atoms with E-state index in [0.717, 1.165) is 6.42 Å². The molecule has 0 saturated carbocycles. The predicted molar refractivity (Wildman–Crippen MR) is 49.4 cm³/mol. The van der Waals surface area contributed by atoms with Crippen LogP contribution in [0.5, 0.6) is 0 Å². The highest BCUT2D eigenvalue weighted by molar-refractivity contribution is 5.04. The zero-order valence-electron chi connectivity index (χ0n) is 7.62. The second kappa shape index (κ2) is 6.17. The number of rotatable bonds is 4. The van der Waals surface area contributed by atoms with E-state index in [1.807, 2.05) is 32.1 Å². The minimum absolute atomic E-state index is 0.307. The van der Waals surface area contributed by atoms with Gasteiger partial charge in [-0.3, -0.25) is 0 Å². The Morgan fingerprint density at radius 1 is 1.27 bits per heavy atom. The minimum Gasteiger partial charge on any atom is -0.389 e. The third-order valence-corrected chi connectivity index (χ3v) is 1.47. The molecule has 1 nitrogen and oxygen atoms in total. The molecule has 0 spiro atoms. The lowest BCUT2D eigenvalue weighted by atomic mass is 10.1.